The van der Waals surface area contributed by atoms with Crippen LogP contribution in [0.1, 0.15) is 16.7 Å². The third kappa shape index (κ3) is 1.40. The lowest BCUT2D eigenvalue weighted by atomic mass is 9.94. The van der Waals surface area contributed by atoms with Crippen LogP contribution in [0.5, 0.6) is 11.5 Å². The molecule has 0 fully saturated rings. The molecular weight excluding hydrogens is 266 g/mol. The van der Waals surface area contributed by atoms with Crippen LogP contribution in [0.2, 0.25) is 0 Å². The smallest absolute Gasteiger partial charge is 0.404 e. The highest BCUT2D eigenvalue weighted by atomic mass is 35.5. The second-order valence-electron chi connectivity index (χ2n) is 3.80. The summed E-state index contributed by atoms with van der Waals surface area (Å²) in [7, 11) is 0. The summed E-state index contributed by atoms with van der Waals surface area (Å²) < 4.78 is 15.0. The van der Waals surface area contributed by atoms with Crippen LogP contribution in [0.15, 0.2) is 0 Å². The van der Waals surface area contributed by atoms with Crippen molar-refractivity contribution in [2.75, 3.05) is 0 Å². The van der Waals surface area contributed by atoms with Gasteiger partial charge in [0.15, 0.2) is 0 Å². The predicted molar refractivity (Wildman–Crippen MR) is 57.8 cm³/mol. The molecule has 0 spiro atoms. The summed E-state index contributed by atoms with van der Waals surface area (Å²) in [6, 6.07) is 0. The SMILES string of the molecule is O=C(Cl)OCc1c2c(c([N+](=O)[O-])c3c1OC3)OC2. The van der Waals surface area contributed by atoms with Crippen molar-refractivity contribution >= 4 is 22.7 Å². The monoisotopic (exact) mass is 271 g/mol. The topological polar surface area (TPSA) is 87.9 Å². The van der Waals surface area contributed by atoms with E-state index in [1.54, 1.807) is 0 Å². The molecule has 7 nitrogen and oxygen atoms in total. The van der Waals surface area contributed by atoms with E-state index in [2.05, 4.69) is 4.74 Å². The Morgan fingerprint density at radius 2 is 2.00 bits per heavy atom. The Hall–Kier alpha value is -2.02. The van der Waals surface area contributed by atoms with Gasteiger partial charge in [0.25, 0.3) is 0 Å². The summed E-state index contributed by atoms with van der Waals surface area (Å²) >= 11 is 5.09. The van der Waals surface area contributed by atoms with E-state index in [9.17, 15) is 14.9 Å². The van der Waals surface area contributed by atoms with Gasteiger partial charge in [-0.2, -0.15) is 0 Å². The van der Waals surface area contributed by atoms with Crippen molar-refractivity contribution in [1.82, 2.24) is 0 Å². The van der Waals surface area contributed by atoms with Crippen molar-refractivity contribution in [1.29, 1.82) is 0 Å². The molecule has 0 radical (unpaired) electrons. The first-order chi connectivity index (χ1) is 8.59. The quantitative estimate of drug-likeness (QED) is 0.476. The number of nitro groups is 1. The van der Waals surface area contributed by atoms with E-state index >= 15 is 0 Å². The van der Waals surface area contributed by atoms with Crippen molar-refractivity contribution in [3.63, 3.8) is 0 Å². The largest absolute Gasteiger partial charge is 0.487 e. The fourth-order valence-corrected chi connectivity index (χ4v) is 2.12. The van der Waals surface area contributed by atoms with E-state index in [0.717, 1.165) is 0 Å². The molecule has 8 heteroatoms. The molecule has 1 aromatic carbocycles. The van der Waals surface area contributed by atoms with Gasteiger partial charge >= 0.3 is 11.1 Å². The molecule has 94 valence electrons. The number of fused-ring (bicyclic) bond motifs is 2. The molecule has 2 aliphatic rings. The van der Waals surface area contributed by atoms with E-state index in [1.165, 1.54) is 0 Å². The predicted octanol–water partition coefficient (Wildman–Crippen LogP) is 2.25. The summed E-state index contributed by atoms with van der Waals surface area (Å²) in [5.41, 5.74) is 0.711. The molecule has 0 bridgehead atoms. The Morgan fingerprint density at radius 1 is 1.33 bits per heavy atom. The molecule has 2 heterocycles. The van der Waals surface area contributed by atoms with E-state index in [0.29, 0.717) is 22.4 Å². The zero-order valence-corrected chi connectivity index (χ0v) is 9.65. The van der Waals surface area contributed by atoms with Gasteiger partial charge < -0.3 is 14.2 Å². The highest BCUT2D eigenvalue weighted by Crippen LogP contribution is 2.52. The van der Waals surface area contributed by atoms with Gasteiger partial charge in [-0.05, 0) is 0 Å². The first-order valence-electron chi connectivity index (χ1n) is 5.02. The molecule has 0 amide bonds. The minimum atomic E-state index is -0.935. The minimum Gasteiger partial charge on any atom is -0.487 e. The van der Waals surface area contributed by atoms with Crippen molar-refractivity contribution in [3.05, 3.63) is 26.8 Å². The van der Waals surface area contributed by atoms with Gasteiger partial charge in [-0.25, -0.2) is 4.79 Å². The highest BCUT2D eigenvalue weighted by Gasteiger charge is 2.41. The van der Waals surface area contributed by atoms with Crippen LogP contribution in [-0.2, 0) is 24.6 Å². The molecule has 3 rings (SSSR count). The summed E-state index contributed by atoms with van der Waals surface area (Å²) in [5.74, 6) is 0.643. The number of halogens is 1. The molecule has 2 aliphatic heterocycles. The second kappa shape index (κ2) is 3.74. The van der Waals surface area contributed by atoms with Crippen LogP contribution in [0.3, 0.4) is 0 Å². The van der Waals surface area contributed by atoms with Crippen LogP contribution >= 0.6 is 11.6 Å². The number of nitrogens with zero attached hydrogens (tertiary/aromatic N) is 1. The summed E-state index contributed by atoms with van der Waals surface area (Å²) in [5, 5.41) is 11.0. The summed E-state index contributed by atoms with van der Waals surface area (Å²) in [6.45, 7) is 0.320. The third-order valence-electron chi connectivity index (χ3n) is 2.92. The molecule has 0 aliphatic carbocycles. The molecule has 0 atom stereocenters. The fourth-order valence-electron chi connectivity index (χ4n) is 2.06. The lowest BCUT2D eigenvalue weighted by molar-refractivity contribution is -0.388. The van der Waals surface area contributed by atoms with E-state index in [-0.39, 0.29) is 31.3 Å². The second-order valence-corrected chi connectivity index (χ2v) is 4.11. The van der Waals surface area contributed by atoms with E-state index in [4.69, 9.17) is 21.1 Å². The molecule has 1 aromatic rings. The van der Waals surface area contributed by atoms with Gasteiger partial charge in [-0.3, -0.25) is 10.1 Å². The number of nitro benzene ring substituents is 1. The molecule has 0 saturated heterocycles. The van der Waals surface area contributed by atoms with Crippen LogP contribution in [0.25, 0.3) is 0 Å². The lowest BCUT2D eigenvalue weighted by Gasteiger charge is -2.31. The van der Waals surface area contributed by atoms with Crippen molar-refractivity contribution < 1.29 is 23.9 Å². The molecule has 18 heavy (non-hydrogen) atoms. The summed E-state index contributed by atoms with van der Waals surface area (Å²) in [6.07, 6.45) is 0. The minimum absolute atomic E-state index is 0.0570. The third-order valence-corrected chi connectivity index (χ3v) is 3.03. The average molecular weight is 272 g/mol. The fraction of sp³-hybridized carbons (Fsp3) is 0.300. The highest BCUT2D eigenvalue weighted by molar-refractivity contribution is 6.61. The standard InChI is InChI=1S/C10H6ClNO6/c11-10(13)18-2-4-5-1-17-9(5)7(12(14)15)6-3-16-8(4)6/h1-3H2. The number of ether oxygens (including phenoxy) is 3. The Labute approximate surface area is 105 Å². The first kappa shape index (κ1) is 11.1. The zero-order valence-electron chi connectivity index (χ0n) is 8.90. The number of hydrogen-bond acceptors (Lipinski definition) is 6. The maximum absolute atomic E-state index is 11.0. The molecular formula is C10H6ClNO6. The Kier molecular flexibility index (Phi) is 2.30. The maximum Gasteiger partial charge on any atom is 0.404 e. The van der Waals surface area contributed by atoms with Crippen molar-refractivity contribution in [2.24, 2.45) is 0 Å². The van der Waals surface area contributed by atoms with Gasteiger partial charge in [0.05, 0.1) is 4.92 Å². The zero-order chi connectivity index (χ0) is 12.9. The number of benzene rings is 1. The average Bonchev–Trinajstić information content (AvgIpc) is 2.19. The van der Waals surface area contributed by atoms with Gasteiger partial charge in [0, 0.05) is 22.7 Å². The van der Waals surface area contributed by atoms with E-state index < -0.39 is 10.4 Å². The van der Waals surface area contributed by atoms with Gasteiger partial charge in [-0.15, -0.1) is 0 Å². The van der Waals surface area contributed by atoms with Gasteiger partial charge in [0.1, 0.15) is 31.1 Å². The number of carbonyl (C=O) groups excluding carboxylic acids is 1. The van der Waals surface area contributed by atoms with Crippen LogP contribution in [0.4, 0.5) is 10.5 Å². The molecule has 0 N–H and O–H groups in total. The molecule has 0 saturated carbocycles. The van der Waals surface area contributed by atoms with Crippen LogP contribution in [0, 0.1) is 10.1 Å². The van der Waals surface area contributed by atoms with Crippen LogP contribution in [-0.4, -0.2) is 10.4 Å². The van der Waals surface area contributed by atoms with Crippen LogP contribution < -0.4 is 9.47 Å². The Morgan fingerprint density at radius 3 is 2.44 bits per heavy atom. The maximum atomic E-state index is 11.0. The molecule has 0 unspecified atom stereocenters. The van der Waals surface area contributed by atoms with Gasteiger partial charge in [0.2, 0.25) is 5.75 Å². The van der Waals surface area contributed by atoms with E-state index in [1.807, 2.05) is 0 Å². The van der Waals surface area contributed by atoms with Crippen molar-refractivity contribution in [2.45, 2.75) is 19.8 Å². The normalized spacial score (nSPS) is 14.1. The number of rotatable bonds is 3. The first-order valence-corrected chi connectivity index (χ1v) is 5.40. The summed E-state index contributed by atoms with van der Waals surface area (Å²) in [4.78, 5) is 21.0. The lowest BCUT2D eigenvalue weighted by Crippen LogP contribution is -2.24. The Bertz CT molecular complexity index is 551. The van der Waals surface area contributed by atoms with Crippen molar-refractivity contribution in [3.8, 4) is 11.5 Å². The Balaban J connectivity index is 2.07. The number of carbonyl (C=O) groups is 1. The molecule has 0 aromatic heterocycles. The van der Waals surface area contributed by atoms with Gasteiger partial charge in [-0.1, -0.05) is 0 Å². The number of hydrogen-bond donors (Lipinski definition) is 0.